The van der Waals surface area contributed by atoms with Gasteiger partial charge in [0.25, 0.3) is 0 Å². The summed E-state index contributed by atoms with van der Waals surface area (Å²) in [7, 11) is 0. The van der Waals surface area contributed by atoms with E-state index in [0.717, 1.165) is 16.8 Å². The lowest BCUT2D eigenvalue weighted by molar-refractivity contribution is 0.0487. The molecule has 7 nitrogen and oxygen atoms in total. The lowest BCUT2D eigenvalue weighted by Crippen LogP contribution is -2.43. The highest BCUT2D eigenvalue weighted by Crippen LogP contribution is 2.16. The number of rotatable bonds is 10. The van der Waals surface area contributed by atoms with Crippen LogP contribution in [-0.2, 0) is 11.2 Å². The highest BCUT2D eigenvalue weighted by Gasteiger charge is 2.21. The first-order valence-electron chi connectivity index (χ1n) is 11.5. The van der Waals surface area contributed by atoms with Gasteiger partial charge in [0.1, 0.15) is 18.0 Å². The Bertz CT molecular complexity index is 1230. The number of hydrogen-bond donors (Lipinski definition) is 2. The van der Waals surface area contributed by atoms with Crippen molar-refractivity contribution in [1.29, 1.82) is 0 Å². The summed E-state index contributed by atoms with van der Waals surface area (Å²) in [5.41, 5.74) is 2.78. The van der Waals surface area contributed by atoms with E-state index < -0.39 is 17.6 Å². The standard InChI is InChI=1S/C28H31FN4O3/c1-5-6-7-23-12-22(17-32-23)13-24(33-27(34)36-28(2,3)4)19-35-25-14-21(16-30-18-25)9-8-20-10-11-31-26(29)15-20/h5-12,14-18,24,32H,1,13,19H2,2-4H3,(H,33,34)/b7-6-,9-8+. The molecule has 1 atom stereocenters. The quantitative estimate of drug-likeness (QED) is 0.276. The van der Waals surface area contributed by atoms with Crippen LogP contribution in [0.2, 0.25) is 0 Å². The second kappa shape index (κ2) is 12.5. The van der Waals surface area contributed by atoms with Crippen molar-refractivity contribution in [1.82, 2.24) is 20.3 Å². The Kier molecular flexibility index (Phi) is 9.16. The predicted octanol–water partition coefficient (Wildman–Crippen LogP) is 5.83. The van der Waals surface area contributed by atoms with Crippen molar-refractivity contribution in [3.8, 4) is 5.75 Å². The lowest BCUT2D eigenvalue weighted by atomic mass is 10.1. The topological polar surface area (TPSA) is 89.1 Å². The van der Waals surface area contributed by atoms with Crippen molar-refractivity contribution in [3.63, 3.8) is 0 Å². The fourth-order valence-corrected chi connectivity index (χ4v) is 3.27. The lowest BCUT2D eigenvalue weighted by Gasteiger charge is -2.23. The van der Waals surface area contributed by atoms with Gasteiger partial charge in [-0.2, -0.15) is 4.39 Å². The zero-order valence-corrected chi connectivity index (χ0v) is 20.7. The first kappa shape index (κ1) is 26.4. The third-order valence-electron chi connectivity index (χ3n) is 4.78. The summed E-state index contributed by atoms with van der Waals surface area (Å²) in [5, 5.41) is 2.90. The molecule has 36 heavy (non-hydrogen) atoms. The summed E-state index contributed by atoms with van der Waals surface area (Å²) in [6.07, 6.45) is 15.6. The summed E-state index contributed by atoms with van der Waals surface area (Å²) < 4.78 is 24.7. The molecule has 1 amide bonds. The molecule has 188 valence electrons. The number of aromatic nitrogens is 3. The first-order valence-corrected chi connectivity index (χ1v) is 11.5. The van der Waals surface area contributed by atoms with E-state index in [2.05, 4.69) is 26.8 Å². The van der Waals surface area contributed by atoms with Crippen LogP contribution in [0.25, 0.3) is 18.2 Å². The number of ether oxygens (including phenoxy) is 2. The Morgan fingerprint density at radius 3 is 2.75 bits per heavy atom. The summed E-state index contributed by atoms with van der Waals surface area (Å²) in [6.45, 7) is 9.32. The van der Waals surface area contributed by atoms with E-state index in [0.29, 0.717) is 17.7 Å². The maximum absolute atomic E-state index is 13.3. The molecule has 3 rings (SSSR count). The minimum absolute atomic E-state index is 0.201. The van der Waals surface area contributed by atoms with Crippen LogP contribution in [-0.4, -0.2) is 39.3 Å². The highest BCUT2D eigenvalue weighted by molar-refractivity contribution is 5.69. The van der Waals surface area contributed by atoms with Crippen molar-refractivity contribution < 1.29 is 18.7 Å². The summed E-state index contributed by atoms with van der Waals surface area (Å²) in [4.78, 5) is 23.4. The number of halogens is 1. The molecule has 3 heterocycles. The molecule has 3 aromatic rings. The zero-order chi connectivity index (χ0) is 26.0. The van der Waals surface area contributed by atoms with E-state index in [-0.39, 0.29) is 12.6 Å². The van der Waals surface area contributed by atoms with Crippen LogP contribution in [0.15, 0.2) is 67.8 Å². The Balaban J connectivity index is 1.68. The van der Waals surface area contributed by atoms with Gasteiger partial charge in [0.15, 0.2) is 0 Å². The molecule has 8 heteroatoms. The minimum atomic E-state index is -0.617. The molecule has 2 N–H and O–H groups in total. The molecule has 0 aliphatic rings. The fraction of sp³-hybridized carbons (Fsp3) is 0.250. The SMILES string of the molecule is C=C/C=C\c1cc(CC(COc2cncc(/C=C/c3ccnc(F)c3)c2)NC(=O)OC(C)(C)C)c[nH]1. The van der Waals surface area contributed by atoms with Gasteiger partial charge in [0, 0.05) is 30.4 Å². The highest BCUT2D eigenvalue weighted by atomic mass is 19.1. The number of nitrogens with zero attached hydrogens (tertiary/aromatic N) is 2. The average molecular weight is 491 g/mol. The van der Waals surface area contributed by atoms with Gasteiger partial charge in [0.05, 0.1) is 12.2 Å². The number of nitrogens with one attached hydrogen (secondary N) is 2. The average Bonchev–Trinajstić information content (AvgIpc) is 3.26. The van der Waals surface area contributed by atoms with Gasteiger partial charge in [-0.25, -0.2) is 9.78 Å². The van der Waals surface area contributed by atoms with Crippen LogP contribution in [0, 0.1) is 5.95 Å². The zero-order valence-electron chi connectivity index (χ0n) is 20.7. The normalized spacial score (nSPS) is 12.6. The number of allylic oxidation sites excluding steroid dienone is 2. The van der Waals surface area contributed by atoms with E-state index >= 15 is 0 Å². The summed E-state index contributed by atoms with van der Waals surface area (Å²) in [5.74, 6) is -0.000111. The van der Waals surface area contributed by atoms with Crippen LogP contribution >= 0.6 is 0 Å². The number of carbonyl (C=O) groups excluding carboxylic acids is 1. The molecule has 0 aliphatic heterocycles. The van der Waals surface area contributed by atoms with Crippen molar-refractivity contribution >= 4 is 24.3 Å². The molecule has 0 bridgehead atoms. The second-order valence-corrected chi connectivity index (χ2v) is 9.12. The molecule has 0 saturated heterocycles. The van der Waals surface area contributed by atoms with Crippen molar-refractivity contribution in [3.05, 3.63) is 96.1 Å². The van der Waals surface area contributed by atoms with E-state index in [1.165, 1.54) is 12.3 Å². The molecular formula is C28H31FN4O3. The van der Waals surface area contributed by atoms with Gasteiger partial charge in [0.2, 0.25) is 5.95 Å². The van der Waals surface area contributed by atoms with Crippen molar-refractivity contribution in [2.45, 2.75) is 38.8 Å². The number of pyridine rings is 2. The summed E-state index contributed by atoms with van der Waals surface area (Å²) >= 11 is 0. The van der Waals surface area contributed by atoms with Crippen molar-refractivity contribution in [2.75, 3.05) is 6.61 Å². The van der Waals surface area contributed by atoms with Crippen LogP contribution < -0.4 is 10.1 Å². The fourth-order valence-electron chi connectivity index (χ4n) is 3.27. The van der Waals surface area contributed by atoms with E-state index in [9.17, 15) is 9.18 Å². The van der Waals surface area contributed by atoms with Crippen LogP contribution in [0.3, 0.4) is 0 Å². The van der Waals surface area contributed by atoms with E-state index in [1.807, 2.05) is 57.3 Å². The van der Waals surface area contributed by atoms with E-state index in [4.69, 9.17) is 9.47 Å². The molecule has 0 aromatic carbocycles. The maximum Gasteiger partial charge on any atom is 0.408 e. The van der Waals surface area contributed by atoms with Crippen LogP contribution in [0.1, 0.15) is 43.2 Å². The first-order chi connectivity index (χ1) is 17.2. The molecular weight excluding hydrogens is 459 g/mol. The van der Waals surface area contributed by atoms with Gasteiger partial charge < -0.3 is 19.8 Å². The smallest absolute Gasteiger partial charge is 0.408 e. The van der Waals surface area contributed by atoms with Crippen molar-refractivity contribution in [2.24, 2.45) is 0 Å². The third-order valence-corrected chi connectivity index (χ3v) is 4.78. The number of hydrogen-bond acceptors (Lipinski definition) is 5. The number of amides is 1. The molecule has 0 radical (unpaired) electrons. The Labute approximate surface area is 210 Å². The van der Waals surface area contributed by atoms with Crippen LogP contribution in [0.4, 0.5) is 9.18 Å². The molecule has 1 unspecified atom stereocenters. The van der Waals surface area contributed by atoms with Gasteiger partial charge >= 0.3 is 6.09 Å². The Morgan fingerprint density at radius 1 is 1.19 bits per heavy atom. The maximum atomic E-state index is 13.3. The van der Waals surface area contributed by atoms with Gasteiger partial charge in [-0.1, -0.05) is 30.9 Å². The second-order valence-electron chi connectivity index (χ2n) is 9.12. The summed E-state index contributed by atoms with van der Waals surface area (Å²) in [6, 6.07) is 6.51. The third kappa shape index (κ3) is 9.21. The molecule has 0 aliphatic carbocycles. The molecule has 0 fully saturated rings. The predicted molar refractivity (Wildman–Crippen MR) is 140 cm³/mol. The Morgan fingerprint density at radius 2 is 2.00 bits per heavy atom. The monoisotopic (exact) mass is 490 g/mol. The van der Waals surface area contributed by atoms with Crippen LogP contribution in [0.5, 0.6) is 5.75 Å². The van der Waals surface area contributed by atoms with Gasteiger partial charge in [-0.15, -0.1) is 0 Å². The van der Waals surface area contributed by atoms with E-state index in [1.54, 1.807) is 30.6 Å². The number of carbonyl (C=O) groups is 1. The molecule has 3 aromatic heterocycles. The molecule has 0 spiro atoms. The largest absolute Gasteiger partial charge is 0.490 e. The van der Waals surface area contributed by atoms with Gasteiger partial charge in [-0.3, -0.25) is 4.98 Å². The minimum Gasteiger partial charge on any atom is -0.490 e. The number of aromatic amines is 1. The number of H-pyrrole nitrogens is 1. The Hall–Kier alpha value is -4.20. The van der Waals surface area contributed by atoms with Gasteiger partial charge in [-0.05, 0) is 68.2 Å². The molecule has 0 saturated carbocycles. The number of alkyl carbamates (subject to hydrolysis) is 1.